The molecule has 1 aliphatic rings. The molecular weight excluding hydrogens is 196 g/mol. The summed E-state index contributed by atoms with van der Waals surface area (Å²) in [6.07, 6.45) is 5.07. The van der Waals surface area contributed by atoms with Crippen molar-refractivity contribution in [2.45, 2.75) is 39.5 Å². The van der Waals surface area contributed by atoms with Crippen LogP contribution < -0.4 is 10.3 Å². The second-order valence-electron chi connectivity index (χ2n) is 4.64. The molecule has 1 heterocycles. The van der Waals surface area contributed by atoms with E-state index in [1.54, 1.807) is 0 Å². The van der Waals surface area contributed by atoms with Crippen molar-refractivity contribution in [2.24, 2.45) is 0 Å². The molecule has 0 aromatic heterocycles. The highest BCUT2D eigenvalue weighted by Crippen LogP contribution is 2.14. The zero-order valence-corrected chi connectivity index (χ0v) is 10.3. The fourth-order valence-electron chi connectivity index (χ4n) is 2.03. The van der Waals surface area contributed by atoms with Gasteiger partial charge in [0.25, 0.3) is 0 Å². The molecule has 1 aromatic rings. The Morgan fingerprint density at radius 3 is 2.75 bits per heavy atom. The molecule has 0 saturated heterocycles. The average Bonchev–Trinajstić information content (AvgIpc) is 2.52. The smallest absolute Gasteiger partial charge is 0.247 e. The Kier molecular flexibility index (Phi) is 3.60. The van der Waals surface area contributed by atoms with Gasteiger partial charge in [-0.3, -0.25) is 4.99 Å². The standard InChI is InChI=1S/C14H20N2/c1-11-7-8-13(10-12(11)2)16-14-6-4-3-5-9-15-14/h7-8,10H,3-6,9H2,1-2H3,(H,15,16)/p+1. The number of anilines is 1. The second kappa shape index (κ2) is 5.15. The van der Waals surface area contributed by atoms with Gasteiger partial charge in [-0.05, 0) is 56.4 Å². The van der Waals surface area contributed by atoms with Crippen molar-refractivity contribution in [3.63, 3.8) is 0 Å². The molecule has 0 amide bonds. The highest BCUT2D eigenvalue weighted by Gasteiger charge is 2.10. The summed E-state index contributed by atoms with van der Waals surface area (Å²) in [5.41, 5.74) is 3.90. The molecule has 0 fully saturated rings. The normalized spacial score (nSPS) is 16.5. The molecule has 2 rings (SSSR count). The molecule has 0 saturated carbocycles. The van der Waals surface area contributed by atoms with Crippen LogP contribution in [0.15, 0.2) is 18.2 Å². The molecule has 0 unspecified atom stereocenters. The third-order valence-electron chi connectivity index (χ3n) is 3.24. The molecule has 2 N–H and O–H groups in total. The second-order valence-corrected chi connectivity index (χ2v) is 4.64. The number of rotatable bonds is 1. The van der Waals surface area contributed by atoms with Crippen molar-refractivity contribution in [2.75, 3.05) is 11.9 Å². The van der Waals surface area contributed by atoms with Gasteiger partial charge >= 0.3 is 0 Å². The van der Waals surface area contributed by atoms with Gasteiger partial charge in [-0.15, -0.1) is 0 Å². The lowest BCUT2D eigenvalue weighted by Crippen LogP contribution is -2.74. The minimum absolute atomic E-state index is 1.10. The van der Waals surface area contributed by atoms with E-state index >= 15 is 0 Å². The van der Waals surface area contributed by atoms with Crippen LogP contribution in [0, 0.1) is 13.8 Å². The van der Waals surface area contributed by atoms with Crippen LogP contribution in [-0.2, 0) is 0 Å². The Balaban J connectivity index is 2.07. The van der Waals surface area contributed by atoms with Gasteiger partial charge in [-0.2, -0.15) is 0 Å². The van der Waals surface area contributed by atoms with Crippen molar-refractivity contribution in [1.29, 1.82) is 0 Å². The van der Waals surface area contributed by atoms with Crippen molar-refractivity contribution >= 4 is 11.5 Å². The first-order valence-corrected chi connectivity index (χ1v) is 6.20. The largest absolute Gasteiger partial charge is 0.278 e. The number of hydrogen-bond acceptors (Lipinski definition) is 1. The topological polar surface area (TPSA) is 26.0 Å². The van der Waals surface area contributed by atoms with E-state index in [-0.39, 0.29) is 0 Å². The van der Waals surface area contributed by atoms with Crippen LogP contribution in [0.1, 0.15) is 36.8 Å². The van der Waals surface area contributed by atoms with Crippen LogP contribution in [0.4, 0.5) is 5.69 Å². The van der Waals surface area contributed by atoms with Gasteiger partial charge in [0.05, 0.1) is 6.54 Å². The lowest BCUT2D eigenvalue weighted by molar-refractivity contribution is -0.457. The molecule has 2 nitrogen and oxygen atoms in total. The van der Waals surface area contributed by atoms with Gasteiger partial charge in [0.1, 0.15) is 5.69 Å². The van der Waals surface area contributed by atoms with Gasteiger partial charge in [0.15, 0.2) is 0 Å². The molecule has 2 heteroatoms. The van der Waals surface area contributed by atoms with Gasteiger partial charge in [-0.25, -0.2) is 5.32 Å². The van der Waals surface area contributed by atoms with E-state index in [0.29, 0.717) is 0 Å². The number of hydrogen-bond donors (Lipinski definition) is 2. The monoisotopic (exact) mass is 217 g/mol. The summed E-state index contributed by atoms with van der Waals surface area (Å²) < 4.78 is 0. The maximum absolute atomic E-state index is 3.49. The molecule has 0 atom stereocenters. The molecule has 1 aliphatic heterocycles. The molecule has 0 bridgehead atoms. The SMILES string of the molecule is Cc1ccc(NC2=[NH+]CCCCC2)cc1C. The number of aryl methyl sites for hydroxylation is 2. The summed E-state index contributed by atoms with van der Waals surface area (Å²) in [4.78, 5) is 3.47. The highest BCUT2D eigenvalue weighted by atomic mass is 15.0. The Morgan fingerprint density at radius 2 is 1.94 bits per heavy atom. The summed E-state index contributed by atoms with van der Waals surface area (Å²) in [5.74, 6) is 1.28. The minimum Gasteiger partial charge on any atom is -0.278 e. The maximum Gasteiger partial charge on any atom is 0.247 e. The van der Waals surface area contributed by atoms with Crippen molar-refractivity contribution < 1.29 is 4.99 Å². The van der Waals surface area contributed by atoms with E-state index in [1.165, 1.54) is 41.9 Å². The van der Waals surface area contributed by atoms with Gasteiger partial charge in [0.2, 0.25) is 5.84 Å². The zero-order valence-electron chi connectivity index (χ0n) is 10.3. The van der Waals surface area contributed by atoms with Crippen molar-refractivity contribution in [3.8, 4) is 0 Å². The molecule has 0 spiro atoms. The van der Waals surface area contributed by atoms with E-state index in [9.17, 15) is 0 Å². The van der Waals surface area contributed by atoms with Crippen molar-refractivity contribution in [3.05, 3.63) is 29.3 Å². The Hall–Kier alpha value is -1.31. The number of benzene rings is 1. The van der Waals surface area contributed by atoms with E-state index in [4.69, 9.17) is 0 Å². The van der Waals surface area contributed by atoms with E-state index in [2.05, 4.69) is 42.4 Å². The quantitative estimate of drug-likeness (QED) is 0.736. The van der Waals surface area contributed by atoms with E-state index in [1.807, 2.05) is 0 Å². The third kappa shape index (κ3) is 2.84. The highest BCUT2D eigenvalue weighted by molar-refractivity contribution is 5.91. The third-order valence-corrected chi connectivity index (χ3v) is 3.24. The molecule has 86 valence electrons. The van der Waals surface area contributed by atoms with E-state index in [0.717, 1.165) is 13.0 Å². The van der Waals surface area contributed by atoms with Crippen molar-refractivity contribution in [1.82, 2.24) is 0 Å². The predicted molar refractivity (Wildman–Crippen MR) is 68.8 cm³/mol. The summed E-state index contributed by atoms with van der Waals surface area (Å²) in [6, 6.07) is 6.55. The van der Waals surface area contributed by atoms with Crippen LogP contribution in [0.5, 0.6) is 0 Å². The van der Waals surface area contributed by atoms with Gasteiger partial charge < -0.3 is 0 Å². The summed E-state index contributed by atoms with van der Waals surface area (Å²) in [6.45, 7) is 5.41. The molecule has 0 radical (unpaired) electrons. The van der Waals surface area contributed by atoms with Crippen LogP contribution >= 0.6 is 0 Å². The molecule has 1 aromatic carbocycles. The molecule has 16 heavy (non-hydrogen) atoms. The summed E-state index contributed by atoms with van der Waals surface area (Å²) in [7, 11) is 0. The number of amidine groups is 1. The van der Waals surface area contributed by atoms with Gasteiger partial charge in [-0.1, -0.05) is 6.07 Å². The lowest BCUT2D eigenvalue weighted by Gasteiger charge is -2.04. The van der Waals surface area contributed by atoms with E-state index < -0.39 is 0 Å². The lowest BCUT2D eigenvalue weighted by atomic mass is 10.1. The first kappa shape index (κ1) is 11.2. The Morgan fingerprint density at radius 1 is 1.06 bits per heavy atom. The summed E-state index contributed by atoms with van der Waals surface area (Å²) >= 11 is 0. The Bertz CT molecular complexity index is 394. The minimum atomic E-state index is 1.10. The van der Waals surface area contributed by atoms with Gasteiger partial charge in [0, 0.05) is 6.42 Å². The first-order chi connectivity index (χ1) is 7.75. The molecule has 0 aliphatic carbocycles. The maximum atomic E-state index is 3.49. The fourth-order valence-corrected chi connectivity index (χ4v) is 2.03. The average molecular weight is 217 g/mol. The molecular formula is C14H21N2+. The zero-order chi connectivity index (χ0) is 11.4. The fraction of sp³-hybridized carbons (Fsp3) is 0.500. The first-order valence-electron chi connectivity index (χ1n) is 6.20. The van der Waals surface area contributed by atoms with Crippen LogP contribution in [-0.4, -0.2) is 12.4 Å². The van der Waals surface area contributed by atoms with Crippen LogP contribution in [0.2, 0.25) is 0 Å². The summed E-state index contributed by atoms with van der Waals surface area (Å²) in [5, 5.41) is 3.49. The Labute approximate surface area is 97.8 Å². The van der Waals surface area contributed by atoms with Crippen LogP contribution in [0.25, 0.3) is 0 Å². The number of nitrogens with one attached hydrogen (secondary N) is 2. The predicted octanol–water partition coefficient (Wildman–Crippen LogP) is 1.77. The van der Waals surface area contributed by atoms with Crippen LogP contribution in [0.3, 0.4) is 0 Å².